The van der Waals surface area contributed by atoms with Crippen LogP contribution in [0.5, 0.6) is 0 Å². The largest absolute Gasteiger partial charge is 0.486 e. The lowest BCUT2D eigenvalue weighted by molar-refractivity contribution is 0.423. The molecule has 0 saturated carbocycles. The summed E-state index contributed by atoms with van der Waals surface area (Å²) in [5.41, 5.74) is 1.91. The Hall–Kier alpha value is -2.10. The third kappa shape index (κ3) is 2.11. The summed E-state index contributed by atoms with van der Waals surface area (Å²) in [5, 5.41) is 4.38. The van der Waals surface area contributed by atoms with E-state index in [1.54, 1.807) is 11.8 Å². The molecule has 1 heterocycles. The summed E-state index contributed by atoms with van der Waals surface area (Å²) in [4.78, 5) is 4.18. The number of benzene rings is 1. The van der Waals surface area contributed by atoms with E-state index in [4.69, 9.17) is 4.74 Å². The predicted molar refractivity (Wildman–Crippen MR) is 63.5 cm³/mol. The molecule has 0 bridgehead atoms. The summed E-state index contributed by atoms with van der Waals surface area (Å²) in [6, 6.07) is 11.8. The van der Waals surface area contributed by atoms with Crippen LogP contribution in [0.2, 0.25) is 0 Å². The Morgan fingerprint density at radius 1 is 1.31 bits per heavy atom. The zero-order chi connectivity index (χ0) is 11.4. The molecule has 1 aromatic carbocycles. The van der Waals surface area contributed by atoms with Crippen molar-refractivity contribution in [3.8, 4) is 5.69 Å². The summed E-state index contributed by atoms with van der Waals surface area (Å²) in [7, 11) is 1.57. The Labute approximate surface area is 94.2 Å². The number of methoxy groups -OCH3 is 1. The lowest BCUT2D eigenvalue weighted by Crippen LogP contribution is -1.95. The molecule has 16 heavy (non-hydrogen) atoms. The van der Waals surface area contributed by atoms with Gasteiger partial charge in [-0.25, -0.2) is 9.67 Å². The van der Waals surface area contributed by atoms with Gasteiger partial charge in [-0.2, -0.15) is 5.10 Å². The van der Waals surface area contributed by atoms with Gasteiger partial charge in [-0.15, -0.1) is 0 Å². The quantitative estimate of drug-likeness (QED) is 0.583. The first-order chi connectivity index (χ1) is 7.81. The van der Waals surface area contributed by atoms with Crippen LogP contribution >= 0.6 is 0 Å². The molecule has 4 nitrogen and oxygen atoms in total. The molecule has 0 aliphatic carbocycles. The molecule has 0 spiro atoms. The van der Waals surface area contributed by atoms with Crippen molar-refractivity contribution in [2.24, 2.45) is 4.99 Å². The molecule has 0 amide bonds. The molecule has 0 unspecified atom stereocenters. The van der Waals surface area contributed by atoms with Gasteiger partial charge in [0.05, 0.1) is 18.5 Å². The molecule has 2 rings (SSSR count). The van der Waals surface area contributed by atoms with Crippen molar-refractivity contribution in [3.05, 3.63) is 42.1 Å². The Balaban J connectivity index is 2.44. The van der Waals surface area contributed by atoms with Crippen molar-refractivity contribution < 1.29 is 4.74 Å². The molecule has 0 fully saturated rings. The number of ether oxygens (including phenoxy) is 1. The lowest BCUT2D eigenvalue weighted by atomic mass is 10.3. The molecule has 0 saturated heterocycles. The van der Waals surface area contributed by atoms with Crippen LogP contribution in [0, 0.1) is 6.92 Å². The Morgan fingerprint density at radius 2 is 2.06 bits per heavy atom. The highest BCUT2D eigenvalue weighted by Crippen LogP contribution is 2.18. The van der Waals surface area contributed by atoms with E-state index < -0.39 is 0 Å². The Kier molecular flexibility index (Phi) is 3.00. The minimum atomic E-state index is 0.755. The van der Waals surface area contributed by atoms with Crippen molar-refractivity contribution in [2.75, 3.05) is 7.11 Å². The number of hydrogen-bond acceptors (Lipinski definition) is 3. The maximum atomic E-state index is 4.81. The minimum absolute atomic E-state index is 0.755. The maximum Gasteiger partial charge on any atom is 0.175 e. The normalized spacial score (nSPS) is 10.9. The second-order valence-corrected chi connectivity index (χ2v) is 3.36. The Bertz CT molecular complexity index is 488. The van der Waals surface area contributed by atoms with Gasteiger partial charge in [0, 0.05) is 6.07 Å². The van der Waals surface area contributed by atoms with Gasteiger partial charge in [-0.1, -0.05) is 18.2 Å². The van der Waals surface area contributed by atoms with Crippen LogP contribution in [0.25, 0.3) is 5.69 Å². The molecule has 0 radical (unpaired) electrons. The molecule has 0 aliphatic rings. The van der Waals surface area contributed by atoms with Crippen LogP contribution in [-0.2, 0) is 4.74 Å². The molecule has 0 aliphatic heterocycles. The van der Waals surface area contributed by atoms with E-state index >= 15 is 0 Å². The van der Waals surface area contributed by atoms with Crippen molar-refractivity contribution >= 4 is 12.2 Å². The zero-order valence-electron chi connectivity index (χ0n) is 9.29. The van der Waals surface area contributed by atoms with Gasteiger partial charge in [0.15, 0.2) is 12.2 Å². The van der Waals surface area contributed by atoms with Crippen molar-refractivity contribution in [2.45, 2.75) is 6.92 Å². The number of nitrogens with zero attached hydrogens (tertiary/aromatic N) is 3. The fraction of sp³-hybridized carbons (Fsp3) is 0.167. The smallest absolute Gasteiger partial charge is 0.175 e. The van der Waals surface area contributed by atoms with E-state index in [0.717, 1.165) is 17.2 Å². The fourth-order valence-electron chi connectivity index (χ4n) is 1.44. The fourth-order valence-corrected chi connectivity index (χ4v) is 1.44. The number of aromatic nitrogens is 2. The van der Waals surface area contributed by atoms with E-state index in [9.17, 15) is 0 Å². The summed E-state index contributed by atoms with van der Waals surface area (Å²) in [5.74, 6) is 0.755. The average molecular weight is 215 g/mol. The molecule has 1 aromatic heterocycles. The molecule has 4 heteroatoms. The van der Waals surface area contributed by atoms with Crippen LogP contribution in [0.15, 0.2) is 41.4 Å². The van der Waals surface area contributed by atoms with Crippen LogP contribution in [0.3, 0.4) is 0 Å². The van der Waals surface area contributed by atoms with E-state index in [-0.39, 0.29) is 0 Å². The molecular weight excluding hydrogens is 202 g/mol. The van der Waals surface area contributed by atoms with Crippen LogP contribution in [0.1, 0.15) is 5.69 Å². The van der Waals surface area contributed by atoms with Crippen molar-refractivity contribution in [1.82, 2.24) is 9.78 Å². The standard InChI is InChI=1S/C12H13N3O/c1-10-8-12(13-9-16-2)15(14-10)11-6-4-3-5-7-11/h3-9H,1-2H3/b13-9-. The third-order valence-corrected chi connectivity index (χ3v) is 2.10. The second kappa shape index (κ2) is 4.61. The van der Waals surface area contributed by atoms with Gasteiger partial charge in [0.1, 0.15) is 0 Å². The first-order valence-corrected chi connectivity index (χ1v) is 4.98. The number of rotatable bonds is 3. The van der Waals surface area contributed by atoms with Gasteiger partial charge in [-0.05, 0) is 19.1 Å². The van der Waals surface area contributed by atoms with E-state index in [1.807, 2.05) is 43.3 Å². The number of aryl methyl sites for hydroxylation is 1. The average Bonchev–Trinajstić information content (AvgIpc) is 2.69. The van der Waals surface area contributed by atoms with E-state index in [1.165, 1.54) is 6.40 Å². The highest BCUT2D eigenvalue weighted by molar-refractivity contribution is 5.55. The third-order valence-electron chi connectivity index (χ3n) is 2.10. The van der Waals surface area contributed by atoms with Gasteiger partial charge >= 0.3 is 0 Å². The number of hydrogen-bond donors (Lipinski definition) is 0. The highest BCUT2D eigenvalue weighted by atomic mass is 16.5. The SMILES string of the molecule is CO/C=N\c1cc(C)nn1-c1ccccc1. The summed E-state index contributed by atoms with van der Waals surface area (Å²) < 4.78 is 6.60. The van der Waals surface area contributed by atoms with Gasteiger partial charge in [0.2, 0.25) is 0 Å². The molecule has 82 valence electrons. The predicted octanol–water partition coefficient (Wildman–Crippen LogP) is 2.49. The van der Waals surface area contributed by atoms with Crippen LogP contribution in [0.4, 0.5) is 5.82 Å². The summed E-state index contributed by atoms with van der Waals surface area (Å²) in [6.07, 6.45) is 1.40. The Morgan fingerprint density at radius 3 is 2.75 bits per heavy atom. The van der Waals surface area contributed by atoms with E-state index in [2.05, 4.69) is 10.1 Å². The monoisotopic (exact) mass is 215 g/mol. The molecule has 0 N–H and O–H groups in total. The van der Waals surface area contributed by atoms with E-state index in [0.29, 0.717) is 0 Å². The van der Waals surface area contributed by atoms with Crippen molar-refractivity contribution in [1.29, 1.82) is 0 Å². The topological polar surface area (TPSA) is 39.4 Å². The first-order valence-electron chi connectivity index (χ1n) is 4.98. The molecular formula is C12H13N3O. The number of para-hydroxylation sites is 1. The van der Waals surface area contributed by atoms with Gasteiger partial charge < -0.3 is 4.74 Å². The van der Waals surface area contributed by atoms with Crippen LogP contribution in [-0.4, -0.2) is 23.3 Å². The van der Waals surface area contributed by atoms with Crippen LogP contribution < -0.4 is 0 Å². The molecule has 0 atom stereocenters. The highest BCUT2D eigenvalue weighted by Gasteiger charge is 2.05. The first kappa shape index (κ1) is 10.4. The zero-order valence-corrected chi connectivity index (χ0v) is 9.29. The summed E-state index contributed by atoms with van der Waals surface area (Å²) in [6.45, 7) is 1.94. The lowest BCUT2D eigenvalue weighted by Gasteiger charge is -2.02. The second-order valence-electron chi connectivity index (χ2n) is 3.36. The number of aliphatic imine (C=N–C) groups is 1. The molecule has 2 aromatic rings. The van der Waals surface area contributed by atoms with Crippen molar-refractivity contribution in [3.63, 3.8) is 0 Å². The minimum Gasteiger partial charge on any atom is -0.486 e. The maximum absolute atomic E-state index is 4.81. The van der Waals surface area contributed by atoms with Gasteiger partial charge in [0.25, 0.3) is 0 Å². The summed E-state index contributed by atoms with van der Waals surface area (Å²) >= 11 is 0. The van der Waals surface area contributed by atoms with Gasteiger partial charge in [-0.3, -0.25) is 0 Å².